The number of nitrogens with one attached hydrogen (secondary N) is 1. The van der Waals surface area contributed by atoms with E-state index in [0.29, 0.717) is 6.54 Å². The van der Waals surface area contributed by atoms with Crippen LogP contribution in [0.2, 0.25) is 0 Å². The van der Waals surface area contributed by atoms with Crippen LogP contribution in [0.4, 0.5) is 8.78 Å². The molecule has 0 bridgehead atoms. The third kappa shape index (κ3) is 2.06. The zero-order chi connectivity index (χ0) is 11.7. The van der Waals surface area contributed by atoms with Gasteiger partial charge in [0.1, 0.15) is 5.82 Å². The molecule has 0 radical (unpaired) electrons. The average Bonchev–Trinajstić information content (AvgIpc) is 2.28. The van der Waals surface area contributed by atoms with Crippen molar-refractivity contribution in [1.82, 2.24) is 5.32 Å². The predicted octanol–water partition coefficient (Wildman–Crippen LogP) is 2.90. The first-order chi connectivity index (χ1) is 7.61. The molecule has 1 unspecified atom stereocenters. The Hall–Kier alpha value is -0.680. The second-order valence-corrected chi connectivity index (χ2v) is 4.81. The summed E-state index contributed by atoms with van der Waals surface area (Å²) in [6.07, 6.45) is 1.66. The lowest BCUT2D eigenvalue weighted by molar-refractivity contribution is 0.387. The van der Waals surface area contributed by atoms with Gasteiger partial charge in [0.05, 0.1) is 4.47 Å². The summed E-state index contributed by atoms with van der Waals surface area (Å²) in [5.74, 6) is -2.07. The number of piperidine rings is 1. The van der Waals surface area contributed by atoms with Crippen molar-refractivity contribution in [3.05, 3.63) is 27.7 Å². The van der Waals surface area contributed by atoms with E-state index in [1.165, 1.54) is 0 Å². The SMILES string of the molecule is Oc1c(F)cc(Br)c(F)c1C1CCCNC1. The van der Waals surface area contributed by atoms with Gasteiger partial charge in [0.2, 0.25) is 0 Å². The van der Waals surface area contributed by atoms with Gasteiger partial charge in [-0.2, -0.15) is 0 Å². The predicted molar refractivity (Wildman–Crippen MR) is 60.6 cm³/mol. The molecule has 16 heavy (non-hydrogen) atoms. The second-order valence-electron chi connectivity index (χ2n) is 3.96. The first-order valence-corrected chi connectivity index (χ1v) is 5.97. The zero-order valence-corrected chi connectivity index (χ0v) is 10.2. The molecule has 0 aliphatic carbocycles. The molecule has 0 amide bonds. The van der Waals surface area contributed by atoms with E-state index in [1.807, 2.05) is 0 Å². The van der Waals surface area contributed by atoms with Crippen LogP contribution in [0.1, 0.15) is 24.3 Å². The van der Waals surface area contributed by atoms with Crippen molar-refractivity contribution >= 4 is 15.9 Å². The van der Waals surface area contributed by atoms with Crippen molar-refractivity contribution in [3.63, 3.8) is 0 Å². The highest BCUT2D eigenvalue weighted by Gasteiger charge is 2.25. The van der Waals surface area contributed by atoms with E-state index in [1.54, 1.807) is 0 Å². The molecule has 1 aromatic carbocycles. The maximum absolute atomic E-state index is 13.8. The van der Waals surface area contributed by atoms with Gasteiger partial charge >= 0.3 is 0 Å². The molecule has 0 spiro atoms. The van der Waals surface area contributed by atoms with Gasteiger partial charge in [0.25, 0.3) is 0 Å². The summed E-state index contributed by atoms with van der Waals surface area (Å²) in [5.41, 5.74) is 0.0825. The summed E-state index contributed by atoms with van der Waals surface area (Å²) < 4.78 is 27.2. The van der Waals surface area contributed by atoms with Crippen molar-refractivity contribution in [2.75, 3.05) is 13.1 Å². The number of rotatable bonds is 1. The monoisotopic (exact) mass is 291 g/mol. The van der Waals surface area contributed by atoms with Crippen LogP contribution < -0.4 is 5.32 Å². The number of hydrogen-bond donors (Lipinski definition) is 2. The fraction of sp³-hybridized carbons (Fsp3) is 0.455. The lowest BCUT2D eigenvalue weighted by atomic mass is 9.90. The number of benzene rings is 1. The van der Waals surface area contributed by atoms with E-state index in [2.05, 4.69) is 21.2 Å². The Morgan fingerprint density at radius 1 is 1.44 bits per heavy atom. The van der Waals surface area contributed by atoms with Gasteiger partial charge < -0.3 is 10.4 Å². The number of phenols is 1. The molecule has 1 heterocycles. The van der Waals surface area contributed by atoms with Crippen molar-refractivity contribution in [2.45, 2.75) is 18.8 Å². The zero-order valence-electron chi connectivity index (χ0n) is 8.56. The quantitative estimate of drug-likeness (QED) is 0.780. The van der Waals surface area contributed by atoms with Gasteiger partial charge in [0, 0.05) is 18.0 Å². The molecule has 2 nitrogen and oxygen atoms in total. The molecular formula is C11H12BrF2NO. The van der Waals surface area contributed by atoms with E-state index in [-0.39, 0.29) is 16.0 Å². The minimum atomic E-state index is -0.783. The second kappa shape index (κ2) is 4.67. The summed E-state index contributed by atoms with van der Waals surface area (Å²) in [7, 11) is 0. The van der Waals surface area contributed by atoms with E-state index in [9.17, 15) is 13.9 Å². The molecule has 0 saturated carbocycles. The summed E-state index contributed by atoms with van der Waals surface area (Å²) in [5, 5.41) is 12.7. The smallest absolute Gasteiger partial charge is 0.166 e. The van der Waals surface area contributed by atoms with Crippen LogP contribution in [-0.2, 0) is 0 Å². The van der Waals surface area contributed by atoms with Gasteiger partial charge in [-0.05, 0) is 41.4 Å². The third-order valence-electron chi connectivity index (χ3n) is 2.89. The average molecular weight is 292 g/mol. The van der Waals surface area contributed by atoms with E-state index >= 15 is 0 Å². The molecule has 1 atom stereocenters. The van der Waals surface area contributed by atoms with Crippen LogP contribution in [0, 0.1) is 11.6 Å². The number of hydrogen-bond acceptors (Lipinski definition) is 2. The number of halogens is 3. The highest BCUT2D eigenvalue weighted by atomic mass is 79.9. The molecular weight excluding hydrogens is 280 g/mol. The Labute approximate surface area is 101 Å². The molecule has 1 aliphatic heterocycles. The topological polar surface area (TPSA) is 32.3 Å². The van der Waals surface area contributed by atoms with Crippen molar-refractivity contribution in [1.29, 1.82) is 0 Å². The normalized spacial score (nSPS) is 21.1. The van der Waals surface area contributed by atoms with E-state index in [0.717, 1.165) is 25.5 Å². The molecule has 1 saturated heterocycles. The van der Waals surface area contributed by atoms with Crippen LogP contribution in [0.3, 0.4) is 0 Å². The largest absolute Gasteiger partial charge is 0.505 e. The Balaban J connectivity index is 2.45. The molecule has 1 fully saturated rings. The Morgan fingerprint density at radius 3 is 2.81 bits per heavy atom. The van der Waals surface area contributed by atoms with Crippen molar-refractivity contribution < 1.29 is 13.9 Å². The Morgan fingerprint density at radius 2 is 2.19 bits per heavy atom. The molecule has 5 heteroatoms. The lowest BCUT2D eigenvalue weighted by Gasteiger charge is -2.24. The van der Waals surface area contributed by atoms with Gasteiger partial charge in [0.15, 0.2) is 11.6 Å². The molecule has 88 valence electrons. The fourth-order valence-corrected chi connectivity index (χ4v) is 2.49. The highest BCUT2D eigenvalue weighted by Crippen LogP contribution is 2.37. The van der Waals surface area contributed by atoms with Crippen LogP contribution in [0.5, 0.6) is 5.75 Å². The Bertz CT molecular complexity index is 379. The third-order valence-corrected chi connectivity index (χ3v) is 3.46. The summed E-state index contributed by atoms with van der Waals surface area (Å²) in [4.78, 5) is 0. The standard InChI is InChI=1S/C11H12BrF2NO/c12-7-4-8(13)11(16)9(10(7)14)6-2-1-3-15-5-6/h4,6,15-16H,1-3,5H2. The van der Waals surface area contributed by atoms with Gasteiger partial charge in [-0.3, -0.25) is 0 Å². The molecule has 0 aromatic heterocycles. The minimum absolute atomic E-state index is 0.0587. The van der Waals surface area contributed by atoms with Crippen molar-refractivity contribution in [2.24, 2.45) is 0 Å². The fourth-order valence-electron chi connectivity index (χ4n) is 2.08. The maximum Gasteiger partial charge on any atom is 0.166 e. The van der Waals surface area contributed by atoms with Crippen LogP contribution in [-0.4, -0.2) is 18.2 Å². The van der Waals surface area contributed by atoms with Crippen LogP contribution >= 0.6 is 15.9 Å². The van der Waals surface area contributed by atoms with Gasteiger partial charge in [-0.15, -0.1) is 0 Å². The summed E-state index contributed by atoms with van der Waals surface area (Å²) in [6.45, 7) is 1.45. The number of aromatic hydroxyl groups is 1. The first kappa shape index (κ1) is 11.8. The summed E-state index contributed by atoms with van der Waals surface area (Å²) in [6, 6.07) is 0.949. The molecule has 1 aromatic rings. The molecule has 1 aliphatic rings. The van der Waals surface area contributed by atoms with Gasteiger partial charge in [-0.25, -0.2) is 8.78 Å². The molecule has 2 rings (SSSR count). The highest BCUT2D eigenvalue weighted by molar-refractivity contribution is 9.10. The number of phenolic OH excluding ortho intramolecular Hbond substituents is 1. The minimum Gasteiger partial charge on any atom is -0.505 e. The first-order valence-electron chi connectivity index (χ1n) is 5.18. The molecule has 2 N–H and O–H groups in total. The van der Waals surface area contributed by atoms with Crippen molar-refractivity contribution in [3.8, 4) is 5.75 Å². The maximum atomic E-state index is 13.8. The lowest BCUT2D eigenvalue weighted by Crippen LogP contribution is -2.29. The van der Waals surface area contributed by atoms with E-state index < -0.39 is 17.4 Å². The van der Waals surface area contributed by atoms with E-state index in [4.69, 9.17) is 0 Å². The van der Waals surface area contributed by atoms with Gasteiger partial charge in [-0.1, -0.05) is 0 Å². The van der Waals surface area contributed by atoms with Crippen LogP contribution in [0.25, 0.3) is 0 Å². The van der Waals surface area contributed by atoms with Crippen LogP contribution in [0.15, 0.2) is 10.5 Å². The Kier molecular flexibility index (Phi) is 3.44. The summed E-state index contributed by atoms with van der Waals surface area (Å²) >= 11 is 2.95.